The summed E-state index contributed by atoms with van der Waals surface area (Å²) in [7, 11) is 2.14. The van der Waals surface area contributed by atoms with Crippen LogP contribution < -0.4 is 0 Å². The van der Waals surface area contributed by atoms with Crippen LogP contribution in [0.4, 0.5) is 0 Å². The van der Waals surface area contributed by atoms with Crippen LogP contribution in [0, 0.1) is 5.92 Å². The molecule has 0 aromatic heterocycles. The molecule has 0 N–H and O–H groups in total. The minimum Gasteiger partial charge on any atom is -0.298 e. The van der Waals surface area contributed by atoms with Crippen LogP contribution in [0.5, 0.6) is 0 Å². The molecule has 2 nitrogen and oxygen atoms in total. The van der Waals surface area contributed by atoms with Crippen LogP contribution in [0.3, 0.4) is 0 Å². The highest BCUT2D eigenvalue weighted by Crippen LogP contribution is 2.30. The van der Waals surface area contributed by atoms with E-state index in [1.807, 2.05) is 0 Å². The van der Waals surface area contributed by atoms with Crippen molar-refractivity contribution in [1.29, 1.82) is 0 Å². The summed E-state index contributed by atoms with van der Waals surface area (Å²) in [6.45, 7) is 0.704. The number of Topliss-reactive ketones (excluding diaryl/α,β-unsaturated/α-hetero) is 1. The van der Waals surface area contributed by atoms with Crippen molar-refractivity contribution < 1.29 is 4.79 Å². The summed E-state index contributed by atoms with van der Waals surface area (Å²) in [5.74, 6) is 0.917. The Bertz CT molecular complexity index is 215. The van der Waals surface area contributed by atoms with Crippen molar-refractivity contribution in [2.24, 2.45) is 5.92 Å². The van der Waals surface area contributed by atoms with E-state index >= 15 is 0 Å². The van der Waals surface area contributed by atoms with Gasteiger partial charge in [0.2, 0.25) is 0 Å². The highest BCUT2D eigenvalue weighted by atomic mass is 16.1. The first kappa shape index (κ1) is 11.1. The quantitative estimate of drug-likeness (QED) is 0.663. The average molecular weight is 209 g/mol. The lowest BCUT2D eigenvalue weighted by molar-refractivity contribution is -0.121. The highest BCUT2D eigenvalue weighted by Gasteiger charge is 2.31. The van der Waals surface area contributed by atoms with E-state index in [9.17, 15) is 4.79 Å². The number of carbonyl (C=O) groups is 1. The molecule has 2 aliphatic carbocycles. The maximum absolute atomic E-state index is 11.7. The zero-order valence-electron chi connectivity index (χ0n) is 9.87. The Morgan fingerprint density at radius 2 is 1.67 bits per heavy atom. The van der Waals surface area contributed by atoms with Gasteiger partial charge >= 0.3 is 0 Å². The van der Waals surface area contributed by atoms with E-state index in [-0.39, 0.29) is 0 Å². The molecule has 86 valence electrons. The smallest absolute Gasteiger partial charge is 0.149 e. The average Bonchev–Trinajstić information content (AvgIpc) is 3.05. The first-order valence-corrected chi connectivity index (χ1v) is 6.50. The summed E-state index contributed by atoms with van der Waals surface area (Å²) in [5.41, 5.74) is 0. The van der Waals surface area contributed by atoms with Crippen LogP contribution in [0.1, 0.15) is 51.4 Å². The minimum absolute atomic E-state index is 0.429. The van der Waals surface area contributed by atoms with Crippen LogP contribution in [0.15, 0.2) is 0 Å². The predicted octanol–water partition coefficient (Wildman–Crippen LogP) is 2.62. The molecule has 0 aromatic carbocycles. The fourth-order valence-corrected chi connectivity index (χ4v) is 2.61. The molecule has 0 amide bonds. The van der Waals surface area contributed by atoms with Crippen LogP contribution in [0.25, 0.3) is 0 Å². The van der Waals surface area contributed by atoms with Gasteiger partial charge in [-0.05, 0) is 32.7 Å². The van der Waals surface area contributed by atoms with Crippen molar-refractivity contribution in [3.8, 4) is 0 Å². The largest absolute Gasteiger partial charge is 0.298 e. The molecule has 0 aliphatic heterocycles. The van der Waals surface area contributed by atoms with E-state index in [2.05, 4.69) is 11.9 Å². The lowest BCUT2D eigenvalue weighted by Crippen LogP contribution is -2.36. The molecule has 2 rings (SSSR count). The Balaban J connectivity index is 1.77. The van der Waals surface area contributed by atoms with Gasteiger partial charge < -0.3 is 0 Å². The van der Waals surface area contributed by atoms with Crippen LogP contribution in [0.2, 0.25) is 0 Å². The molecule has 2 fully saturated rings. The van der Waals surface area contributed by atoms with Gasteiger partial charge in [0.25, 0.3) is 0 Å². The molecule has 0 radical (unpaired) electrons. The third-order valence-electron chi connectivity index (χ3n) is 3.89. The molecular weight excluding hydrogens is 186 g/mol. The first-order valence-electron chi connectivity index (χ1n) is 6.50. The zero-order valence-corrected chi connectivity index (χ0v) is 9.87. The second-order valence-corrected chi connectivity index (χ2v) is 5.30. The van der Waals surface area contributed by atoms with Crippen LogP contribution in [-0.2, 0) is 4.79 Å². The molecule has 0 unspecified atom stereocenters. The molecule has 0 saturated heterocycles. The van der Waals surface area contributed by atoms with Crippen molar-refractivity contribution in [2.75, 3.05) is 13.6 Å². The van der Waals surface area contributed by atoms with E-state index in [0.717, 1.165) is 12.8 Å². The maximum atomic E-state index is 11.7. The second-order valence-electron chi connectivity index (χ2n) is 5.30. The predicted molar refractivity (Wildman–Crippen MR) is 61.9 cm³/mol. The minimum atomic E-state index is 0.429. The van der Waals surface area contributed by atoms with Crippen molar-refractivity contribution in [2.45, 2.75) is 57.4 Å². The Morgan fingerprint density at radius 1 is 1.07 bits per heavy atom. The molecule has 0 atom stereocenters. The van der Waals surface area contributed by atoms with Gasteiger partial charge in [-0.3, -0.25) is 9.69 Å². The standard InChI is InChI=1S/C13H23NO/c1-14(10-13(15)11-8-9-11)12-6-4-2-3-5-7-12/h11-12H,2-10H2,1H3. The van der Waals surface area contributed by atoms with Gasteiger partial charge in [-0.1, -0.05) is 25.7 Å². The molecule has 2 saturated carbocycles. The SMILES string of the molecule is CN(CC(=O)C1CC1)C1CCCCCC1. The first-order chi connectivity index (χ1) is 7.27. The number of ketones is 1. The van der Waals surface area contributed by atoms with Gasteiger partial charge in [0.1, 0.15) is 5.78 Å². The van der Waals surface area contributed by atoms with Crippen molar-refractivity contribution in [3.05, 3.63) is 0 Å². The number of carbonyl (C=O) groups excluding carboxylic acids is 1. The van der Waals surface area contributed by atoms with Crippen LogP contribution in [-0.4, -0.2) is 30.3 Å². The summed E-state index contributed by atoms with van der Waals surface area (Å²) >= 11 is 0. The Kier molecular flexibility index (Phi) is 3.79. The van der Waals surface area contributed by atoms with Gasteiger partial charge in [-0.15, -0.1) is 0 Å². The van der Waals surface area contributed by atoms with E-state index in [1.54, 1.807) is 0 Å². The summed E-state index contributed by atoms with van der Waals surface area (Å²) in [6, 6.07) is 0.676. The normalized spacial score (nSPS) is 24.1. The lowest BCUT2D eigenvalue weighted by Gasteiger charge is -2.26. The third-order valence-corrected chi connectivity index (χ3v) is 3.89. The molecule has 0 aromatic rings. The number of nitrogens with zero attached hydrogens (tertiary/aromatic N) is 1. The fraction of sp³-hybridized carbons (Fsp3) is 0.923. The molecular formula is C13H23NO. The highest BCUT2D eigenvalue weighted by molar-refractivity contribution is 5.84. The van der Waals surface area contributed by atoms with Gasteiger partial charge in [0, 0.05) is 12.0 Å². The van der Waals surface area contributed by atoms with E-state index in [1.165, 1.54) is 38.5 Å². The molecule has 2 aliphatic rings. The van der Waals surface area contributed by atoms with Crippen LogP contribution >= 0.6 is 0 Å². The summed E-state index contributed by atoms with van der Waals surface area (Å²) in [4.78, 5) is 14.0. The van der Waals surface area contributed by atoms with Crippen molar-refractivity contribution in [3.63, 3.8) is 0 Å². The molecule has 0 heterocycles. The summed E-state index contributed by atoms with van der Waals surface area (Å²) in [6.07, 6.45) is 10.4. The Hall–Kier alpha value is -0.370. The summed E-state index contributed by atoms with van der Waals surface area (Å²) < 4.78 is 0. The topological polar surface area (TPSA) is 20.3 Å². The number of hydrogen-bond acceptors (Lipinski definition) is 2. The van der Waals surface area contributed by atoms with Gasteiger partial charge in [0.05, 0.1) is 6.54 Å². The Labute approximate surface area is 93.0 Å². The molecule has 15 heavy (non-hydrogen) atoms. The van der Waals surface area contributed by atoms with E-state index in [4.69, 9.17) is 0 Å². The summed E-state index contributed by atoms with van der Waals surface area (Å²) in [5, 5.41) is 0. The van der Waals surface area contributed by atoms with Crippen molar-refractivity contribution in [1.82, 2.24) is 4.90 Å². The molecule has 0 spiro atoms. The maximum Gasteiger partial charge on any atom is 0.149 e. The fourth-order valence-electron chi connectivity index (χ4n) is 2.61. The van der Waals surface area contributed by atoms with E-state index < -0.39 is 0 Å². The van der Waals surface area contributed by atoms with Crippen molar-refractivity contribution >= 4 is 5.78 Å². The van der Waals surface area contributed by atoms with Gasteiger partial charge in [-0.25, -0.2) is 0 Å². The van der Waals surface area contributed by atoms with E-state index in [0.29, 0.717) is 24.3 Å². The molecule has 2 heteroatoms. The number of likely N-dealkylation sites (N-methyl/N-ethyl adjacent to an activating group) is 1. The Morgan fingerprint density at radius 3 is 2.20 bits per heavy atom. The number of rotatable bonds is 4. The third kappa shape index (κ3) is 3.30. The lowest BCUT2D eigenvalue weighted by atomic mass is 10.1. The van der Waals surface area contributed by atoms with Gasteiger partial charge in [-0.2, -0.15) is 0 Å². The number of hydrogen-bond donors (Lipinski definition) is 0. The second kappa shape index (κ2) is 5.11. The zero-order chi connectivity index (χ0) is 10.7. The monoisotopic (exact) mass is 209 g/mol. The van der Waals surface area contributed by atoms with Gasteiger partial charge in [0.15, 0.2) is 0 Å². The molecule has 0 bridgehead atoms.